The average molecular weight is 273 g/mol. The Morgan fingerprint density at radius 2 is 1.61 bits per heavy atom. The van der Waals surface area contributed by atoms with Crippen LogP contribution in [0.2, 0.25) is 0 Å². The van der Waals surface area contributed by atoms with Crippen molar-refractivity contribution in [3.63, 3.8) is 0 Å². The number of rotatable bonds is 4. The van der Waals surface area contributed by atoms with Crippen molar-refractivity contribution >= 4 is 18.1 Å². The number of oxime groups is 1. The van der Waals surface area contributed by atoms with Crippen LogP contribution in [0, 0.1) is 23.7 Å². The second-order valence-corrected chi connectivity index (χ2v) is 6.46. The molecule has 4 saturated carbocycles. The average Bonchev–Trinajstić information content (AvgIpc) is 2.25. The van der Waals surface area contributed by atoms with Crippen LogP contribution in [0.5, 0.6) is 0 Å². The third kappa shape index (κ3) is 2.83. The van der Waals surface area contributed by atoms with Gasteiger partial charge >= 0.3 is 0 Å². The smallest absolute Gasteiger partial charge is 0.129 e. The molecule has 4 fully saturated rings. The van der Waals surface area contributed by atoms with Crippen LogP contribution in [0.25, 0.3) is 0 Å². The van der Waals surface area contributed by atoms with Crippen LogP contribution in [0.3, 0.4) is 0 Å². The maximum Gasteiger partial charge on any atom is 0.129 e. The zero-order valence-electron chi connectivity index (χ0n) is 11.5. The summed E-state index contributed by atoms with van der Waals surface area (Å²) in [5, 5.41) is 4.48. The van der Waals surface area contributed by atoms with E-state index >= 15 is 0 Å². The molecule has 4 heteroatoms. The second kappa shape index (κ2) is 5.79. The molecule has 0 spiro atoms. The van der Waals surface area contributed by atoms with E-state index in [-0.39, 0.29) is 12.4 Å². The molecule has 0 aliphatic heterocycles. The van der Waals surface area contributed by atoms with Crippen molar-refractivity contribution in [1.29, 1.82) is 0 Å². The van der Waals surface area contributed by atoms with Crippen molar-refractivity contribution in [3.8, 4) is 0 Å². The molecule has 4 bridgehead atoms. The predicted molar refractivity (Wildman–Crippen MR) is 76.2 cm³/mol. The van der Waals surface area contributed by atoms with E-state index < -0.39 is 0 Å². The molecule has 4 rings (SSSR count). The van der Waals surface area contributed by atoms with Crippen LogP contribution in [0.15, 0.2) is 5.16 Å². The van der Waals surface area contributed by atoms with Gasteiger partial charge in [-0.25, -0.2) is 0 Å². The fourth-order valence-electron chi connectivity index (χ4n) is 4.16. The third-order valence-electron chi connectivity index (χ3n) is 4.77. The maximum atomic E-state index is 5.52. The highest BCUT2D eigenvalue weighted by molar-refractivity contribution is 5.90. The van der Waals surface area contributed by atoms with Crippen molar-refractivity contribution < 1.29 is 4.84 Å². The normalized spacial score (nSPS) is 36.7. The SMILES string of the molecule is CN(C)CCON=C1C2CC3CC(C2)CC1C3.Cl. The van der Waals surface area contributed by atoms with Crippen molar-refractivity contribution in [2.75, 3.05) is 27.2 Å². The summed E-state index contributed by atoms with van der Waals surface area (Å²) < 4.78 is 0. The molecule has 0 saturated heterocycles. The summed E-state index contributed by atoms with van der Waals surface area (Å²) in [7, 11) is 4.14. The zero-order valence-corrected chi connectivity index (χ0v) is 12.3. The first kappa shape index (κ1) is 14.1. The topological polar surface area (TPSA) is 24.8 Å². The summed E-state index contributed by atoms with van der Waals surface area (Å²) in [5.74, 6) is 3.56. The molecular formula is C14H25ClN2O. The minimum absolute atomic E-state index is 0. The highest BCUT2D eigenvalue weighted by Gasteiger charge is 2.46. The van der Waals surface area contributed by atoms with Gasteiger partial charge in [0.1, 0.15) is 6.61 Å². The fourth-order valence-corrected chi connectivity index (χ4v) is 4.16. The van der Waals surface area contributed by atoms with Crippen LogP contribution in [0.4, 0.5) is 0 Å². The summed E-state index contributed by atoms with van der Waals surface area (Å²) in [6.45, 7) is 1.68. The predicted octanol–water partition coefficient (Wildman–Crippen LogP) is 2.80. The number of hydrogen-bond acceptors (Lipinski definition) is 3. The monoisotopic (exact) mass is 272 g/mol. The number of nitrogens with zero attached hydrogens (tertiary/aromatic N) is 2. The van der Waals surface area contributed by atoms with E-state index in [1.807, 2.05) is 0 Å². The van der Waals surface area contributed by atoms with Gasteiger partial charge in [0.25, 0.3) is 0 Å². The highest BCUT2D eigenvalue weighted by atomic mass is 35.5. The van der Waals surface area contributed by atoms with Crippen LogP contribution in [-0.4, -0.2) is 37.9 Å². The lowest BCUT2D eigenvalue weighted by atomic mass is 9.55. The first-order chi connectivity index (χ1) is 8.22. The second-order valence-electron chi connectivity index (χ2n) is 6.46. The third-order valence-corrected chi connectivity index (χ3v) is 4.77. The Bertz CT molecular complexity index is 287. The van der Waals surface area contributed by atoms with Gasteiger partial charge in [-0.1, -0.05) is 5.16 Å². The molecule has 0 aromatic rings. The summed E-state index contributed by atoms with van der Waals surface area (Å²) >= 11 is 0. The number of hydrogen-bond donors (Lipinski definition) is 0. The van der Waals surface area contributed by atoms with Crippen LogP contribution in [0.1, 0.15) is 32.1 Å². The van der Waals surface area contributed by atoms with Gasteiger partial charge in [0.15, 0.2) is 0 Å². The lowest BCUT2D eigenvalue weighted by molar-refractivity contribution is 0.0854. The molecule has 3 nitrogen and oxygen atoms in total. The van der Waals surface area contributed by atoms with Gasteiger partial charge in [-0.3, -0.25) is 0 Å². The zero-order chi connectivity index (χ0) is 11.8. The Hall–Kier alpha value is -0.280. The molecule has 0 atom stereocenters. The Morgan fingerprint density at radius 1 is 1.06 bits per heavy atom. The molecular weight excluding hydrogens is 248 g/mol. The Labute approximate surface area is 116 Å². The van der Waals surface area contributed by atoms with Gasteiger partial charge in [0, 0.05) is 18.4 Å². The van der Waals surface area contributed by atoms with Gasteiger partial charge in [0.05, 0.1) is 5.71 Å². The molecule has 0 aromatic carbocycles. The van der Waals surface area contributed by atoms with Crippen molar-refractivity contribution in [1.82, 2.24) is 4.90 Å². The van der Waals surface area contributed by atoms with E-state index in [1.165, 1.54) is 37.8 Å². The Kier molecular flexibility index (Phi) is 4.54. The lowest BCUT2D eigenvalue weighted by Crippen LogP contribution is -2.45. The van der Waals surface area contributed by atoms with Gasteiger partial charge in [-0.15, -0.1) is 12.4 Å². The van der Waals surface area contributed by atoms with E-state index in [1.54, 1.807) is 0 Å². The van der Waals surface area contributed by atoms with Crippen LogP contribution >= 0.6 is 12.4 Å². The Morgan fingerprint density at radius 3 is 2.11 bits per heavy atom. The minimum Gasteiger partial charge on any atom is -0.394 e. The van der Waals surface area contributed by atoms with Crippen LogP contribution < -0.4 is 0 Å². The van der Waals surface area contributed by atoms with E-state index in [4.69, 9.17) is 4.84 Å². The minimum atomic E-state index is 0. The summed E-state index contributed by atoms with van der Waals surface area (Å²) in [5.41, 5.74) is 1.41. The van der Waals surface area contributed by atoms with Gasteiger partial charge < -0.3 is 9.74 Å². The van der Waals surface area contributed by atoms with Crippen molar-refractivity contribution in [3.05, 3.63) is 0 Å². The van der Waals surface area contributed by atoms with E-state index in [2.05, 4.69) is 24.2 Å². The first-order valence-electron chi connectivity index (χ1n) is 7.07. The molecule has 4 aliphatic rings. The van der Waals surface area contributed by atoms with E-state index in [9.17, 15) is 0 Å². The van der Waals surface area contributed by atoms with Gasteiger partial charge in [0.2, 0.25) is 0 Å². The standard InChI is InChI=1S/C14H24N2O.ClH/c1-16(2)3-4-17-15-14-12-6-10-5-11(8-12)9-13(14)7-10;/h10-13H,3-9H2,1-2H3;1H. The molecule has 0 aromatic heterocycles. The highest BCUT2D eigenvalue weighted by Crippen LogP contribution is 2.52. The molecule has 0 amide bonds. The molecule has 0 unspecified atom stereocenters. The largest absolute Gasteiger partial charge is 0.394 e. The lowest BCUT2D eigenvalue weighted by Gasteiger charge is -2.49. The molecule has 4 aliphatic carbocycles. The maximum absolute atomic E-state index is 5.52. The summed E-state index contributed by atoms with van der Waals surface area (Å²) in [4.78, 5) is 7.65. The summed E-state index contributed by atoms with van der Waals surface area (Å²) in [6, 6.07) is 0. The molecule has 0 radical (unpaired) electrons. The number of halogens is 1. The van der Waals surface area contributed by atoms with E-state index in [0.717, 1.165) is 36.8 Å². The van der Waals surface area contributed by atoms with Crippen molar-refractivity contribution in [2.45, 2.75) is 32.1 Å². The number of likely N-dealkylation sites (N-methyl/N-ethyl adjacent to an activating group) is 1. The van der Waals surface area contributed by atoms with Gasteiger partial charge in [-0.2, -0.15) is 0 Å². The molecule has 0 N–H and O–H groups in total. The quantitative estimate of drug-likeness (QED) is 0.581. The van der Waals surface area contributed by atoms with Crippen molar-refractivity contribution in [2.24, 2.45) is 28.8 Å². The Balaban J connectivity index is 0.00000120. The molecule has 104 valence electrons. The van der Waals surface area contributed by atoms with Crippen LogP contribution in [-0.2, 0) is 4.84 Å². The van der Waals surface area contributed by atoms with E-state index in [0.29, 0.717) is 0 Å². The summed E-state index contributed by atoms with van der Waals surface area (Å²) in [6.07, 6.45) is 7.07. The molecule has 0 heterocycles. The first-order valence-corrected chi connectivity index (χ1v) is 7.07. The molecule has 18 heavy (non-hydrogen) atoms. The fraction of sp³-hybridized carbons (Fsp3) is 0.929. The van der Waals surface area contributed by atoms with Gasteiger partial charge in [-0.05, 0) is 58.0 Å².